The van der Waals surface area contributed by atoms with E-state index in [-0.39, 0.29) is 11.7 Å². The van der Waals surface area contributed by atoms with Gasteiger partial charge in [-0.15, -0.1) is 0 Å². The highest BCUT2D eigenvalue weighted by atomic mass is 32.2. The van der Waals surface area contributed by atoms with Crippen LogP contribution in [0.4, 0.5) is 11.4 Å². The average Bonchev–Trinajstić information content (AvgIpc) is 2.68. The monoisotopic (exact) mass is 400 g/mol. The summed E-state index contributed by atoms with van der Waals surface area (Å²) in [7, 11) is -3.32. The lowest BCUT2D eigenvalue weighted by molar-refractivity contribution is 0.102. The molecule has 0 radical (unpaired) electrons. The number of rotatable bonds is 5. The Morgan fingerprint density at radius 2 is 1.75 bits per heavy atom. The summed E-state index contributed by atoms with van der Waals surface area (Å²) >= 11 is 0. The number of carbonyl (C=O) groups is 1. The molecule has 1 N–H and O–H groups in total. The highest BCUT2D eigenvalue weighted by Gasteiger charge is 2.27. The quantitative estimate of drug-likeness (QED) is 0.814. The topological polar surface area (TPSA) is 66.5 Å². The standard InChI is InChI=1S/C22H28N2O3S/c1-4-17-9-8-10-18(5-2)21(17)23-22(25)19-12-11-16(3)20(15-19)24-13-6-7-14-28(24,26)27/h8-12,15H,4-7,13-14H2,1-3H3,(H,23,25). The number of nitrogens with one attached hydrogen (secondary N) is 1. The van der Waals surface area contributed by atoms with Crippen molar-refractivity contribution in [3.05, 3.63) is 58.7 Å². The molecule has 2 aromatic carbocycles. The van der Waals surface area contributed by atoms with Gasteiger partial charge in [-0.1, -0.05) is 38.1 Å². The fourth-order valence-corrected chi connectivity index (χ4v) is 5.36. The third-order valence-corrected chi connectivity index (χ3v) is 7.18. The van der Waals surface area contributed by atoms with Crippen LogP contribution in [0.3, 0.4) is 0 Å². The zero-order valence-electron chi connectivity index (χ0n) is 16.8. The highest BCUT2D eigenvalue weighted by Crippen LogP contribution is 2.29. The molecule has 2 aromatic rings. The number of anilines is 2. The Bertz CT molecular complexity index is 961. The Hall–Kier alpha value is -2.34. The Labute approximate surface area is 167 Å². The minimum absolute atomic E-state index is 0.159. The molecular formula is C22H28N2O3S. The Morgan fingerprint density at radius 1 is 1.07 bits per heavy atom. The van der Waals surface area contributed by atoms with Crippen LogP contribution in [0, 0.1) is 6.92 Å². The SMILES string of the molecule is CCc1cccc(CC)c1NC(=O)c1ccc(C)c(N2CCCCS2(=O)=O)c1. The van der Waals surface area contributed by atoms with Crippen LogP contribution in [0.15, 0.2) is 36.4 Å². The predicted octanol–water partition coefficient (Wildman–Crippen LogP) is 4.30. The van der Waals surface area contributed by atoms with Gasteiger partial charge < -0.3 is 5.32 Å². The molecule has 0 bridgehead atoms. The predicted molar refractivity (Wildman–Crippen MR) is 115 cm³/mol. The van der Waals surface area contributed by atoms with Crippen molar-refractivity contribution in [1.82, 2.24) is 0 Å². The summed E-state index contributed by atoms with van der Waals surface area (Å²) < 4.78 is 26.5. The van der Waals surface area contributed by atoms with Gasteiger partial charge in [0.25, 0.3) is 5.91 Å². The van der Waals surface area contributed by atoms with Crippen molar-refractivity contribution in [3.8, 4) is 0 Å². The largest absolute Gasteiger partial charge is 0.321 e. The summed E-state index contributed by atoms with van der Waals surface area (Å²) in [6.45, 7) is 6.47. The van der Waals surface area contributed by atoms with Gasteiger partial charge in [0, 0.05) is 17.8 Å². The van der Waals surface area contributed by atoms with E-state index in [0.29, 0.717) is 24.2 Å². The van der Waals surface area contributed by atoms with Crippen molar-refractivity contribution < 1.29 is 13.2 Å². The van der Waals surface area contributed by atoms with Gasteiger partial charge in [-0.3, -0.25) is 9.10 Å². The number of hydrogen-bond donors (Lipinski definition) is 1. The summed E-state index contributed by atoms with van der Waals surface area (Å²) in [5.74, 6) is -0.0571. The number of amides is 1. The van der Waals surface area contributed by atoms with Crippen LogP contribution >= 0.6 is 0 Å². The molecule has 28 heavy (non-hydrogen) atoms. The molecule has 6 heteroatoms. The van der Waals surface area contributed by atoms with E-state index in [0.717, 1.165) is 41.6 Å². The van der Waals surface area contributed by atoms with Gasteiger partial charge in [-0.25, -0.2) is 8.42 Å². The Kier molecular flexibility index (Phi) is 6.08. The highest BCUT2D eigenvalue weighted by molar-refractivity contribution is 7.92. The van der Waals surface area contributed by atoms with Crippen LogP contribution in [0.2, 0.25) is 0 Å². The van der Waals surface area contributed by atoms with Crippen molar-refractivity contribution in [2.45, 2.75) is 46.5 Å². The molecule has 0 spiro atoms. The fourth-order valence-electron chi connectivity index (χ4n) is 3.67. The molecule has 0 atom stereocenters. The lowest BCUT2D eigenvalue weighted by Gasteiger charge is -2.29. The number of sulfonamides is 1. The molecule has 1 heterocycles. The maximum atomic E-state index is 13.0. The second kappa shape index (κ2) is 8.35. The summed E-state index contributed by atoms with van der Waals surface area (Å²) in [6.07, 6.45) is 3.17. The van der Waals surface area contributed by atoms with Crippen molar-refractivity contribution in [1.29, 1.82) is 0 Å². The molecule has 0 aliphatic carbocycles. The van der Waals surface area contributed by atoms with Crippen molar-refractivity contribution in [2.24, 2.45) is 0 Å². The first kappa shape index (κ1) is 20.4. The number of hydrogen-bond acceptors (Lipinski definition) is 3. The van der Waals surface area contributed by atoms with Gasteiger partial charge in [0.05, 0.1) is 11.4 Å². The zero-order chi connectivity index (χ0) is 20.3. The lowest BCUT2D eigenvalue weighted by atomic mass is 10.0. The van der Waals surface area contributed by atoms with Gasteiger partial charge >= 0.3 is 0 Å². The van der Waals surface area contributed by atoms with Crippen LogP contribution < -0.4 is 9.62 Å². The number of nitrogens with zero attached hydrogens (tertiary/aromatic N) is 1. The van der Waals surface area contributed by atoms with Gasteiger partial charge in [0.1, 0.15) is 0 Å². The van der Waals surface area contributed by atoms with Crippen LogP contribution in [0.1, 0.15) is 53.7 Å². The summed E-state index contributed by atoms with van der Waals surface area (Å²) in [4.78, 5) is 13.0. The second-order valence-electron chi connectivity index (χ2n) is 7.21. The maximum absolute atomic E-state index is 13.0. The summed E-state index contributed by atoms with van der Waals surface area (Å²) in [6, 6.07) is 11.3. The minimum atomic E-state index is -3.32. The van der Waals surface area contributed by atoms with E-state index >= 15 is 0 Å². The molecule has 0 saturated carbocycles. The van der Waals surface area contributed by atoms with E-state index in [4.69, 9.17) is 0 Å². The molecular weight excluding hydrogens is 372 g/mol. The molecule has 1 saturated heterocycles. The molecule has 150 valence electrons. The average molecular weight is 401 g/mol. The van der Waals surface area contributed by atoms with Gasteiger partial charge in [0.2, 0.25) is 10.0 Å². The first-order chi connectivity index (χ1) is 13.4. The zero-order valence-corrected chi connectivity index (χ0v) is 17.6. The Balaban J connectivity index is 1.94. The number of carbonyl (C=O) groups excluding carboxylic acids is 1. The number of aryl methyl sites for hydroxylation is 3. The third kappa shape index (κ3) is 4.07. The fraction of sp³-hybridized carbons (Fsp3) is 0.409. The van der Waals surface area contributed by atoms with Crippen molar-refractivity contribution in [3.63, 3.8) is 0 Å². The van der Waals surface area contributed by atoms with Gasteiger partial charge in [-0.2, -0.15) is 0 Å². The summed E-state index contributed by atoms with van der Waals surface area (Å²) in [5.41, 5.74) is 4.98. The van der Waals surface area contributed by atoms with Crippen molar-refractivity contribution >= 4 is 27.3 Å². The number of para-hydroxylation sites is 1. The van der Waals surface area contributed by atoms with E-state index in [1.807, 2.05) is 31.2 Å². The van der Waals surface area contributed by atoms with E-state index in [1.54, 1.807) is 12.1 Å². The molecule has 1 fully saturated rings. The minimum Gasteiger partial charge on any atom is -0.321 e. The Morgan fingerprint density at radius 3 is 2.36 bits per heavy atom. The third-order valence-electron chi connectivity index (χ3n) is 5.33. The first-order valence-corrected chi connectivity index (χ1v) is 11.5. The molecule has 5 nitrogen and oxygen atoms in total. The molecule has 0 unspecified atom stereocenters. The van der Waals surface area contributed by atoms with E-state index in [1.165, 1.54) is 4.31 Å². The smallest absolute Gasteiger partial charge is 0.255 e. The van der Waals surface area contributed by atoms with Crippen LogP contribution in [0.5, 0.6) is 0 Å². The van der Waals surface area contributed by atoms with E-state index in [9.17, 15) is 13.2 Å². The van der Waals surface area contributed by atoms with E-state index < -0.39 is 10.0 Å². The van der Waals surface area contributed by atoms with Crippen LogP contribution in [-0.4, -0.2) is 26.6 Å². The summed E-state index contributed by atoms with van der Waals surface area (Å²) in [5, 5.41) is 3.06. The molecule has 0 aromatic heterocycles. The second-order valence-corrected chi connectivity index (χ2v) is 9.22. The molecule has 1 aliphatic rings. The van der Waals surface area contributed by atoms with Crippen LogP contribution in [0.25, 0.3) is 0 Å². The molecule has 3 rings (SSSR count). The first-order valence-electron chi connectivity index (χ1n) is 9.90. The van der Waals surface area contributed by atoms with Gasteiger partial charge in [-0.05, 0) is 61.4 Å². The lowest BCUT2D eigenvalue weighted by Crippen LogP contribution is -2.38. The maximum Gasteiger partial charge on any atom is 0.255 e. The molecule has 1 amide bonds. The van der Waals surface area contributed by atoms with Gasteiger partial charge in [0.15, 0.2) is 0 Å². The normalized spacial score (nSPS) is 16.0. The number of benzene rings is 2. The van der Waals surface area contributed by atoms with Crippen LogP contribution in [-0.2, 0) is 22.9 Å². The van der Waals surface area contributed by atoms with E-state index in [2.05, 4.69) is 19.2 Å². The molecule has 1 aliphatic heterocycles. The van der Waals surface area contributed by atoms with Crippen molar-refractivity contribution in [2.75, 3.05) is 21.9 Å².